The van der Waals surface area contributed by atoms with Crippen LogP contribution in [0.2, 0.25) is 5.02 Å². The summed E-state index contributed by atoms with van der Waals surface area (Å²) >= 11 is 5.83. The van der Waals surface area contributed by atoms with Crippen molar-refractivity contribution >= 4 is 11.6 Å². The fraction of sp³-hybridized carbons (Fsp3) is 0.500. The first kappa shape index (κ1) is 12.5. The second-order valence-electron chi connectivity index (χ2n) is 3.97. The van der Waals surface area contributed by atoms with Crippen LogP contribution in [0.25, 0.3) is 0 Å². The Morgan fingerprint density at radius 2 is 1.93 bits per heavy atom. The molecule has 0 aromatic heterocycles. The van der Waals surface area contributed by atoms with Crippen molar-refractivity contribution in [2.24, 2.45) is 5.73 Å². The van der Waals surface area contributed by atoms with Crippen LogP contribution in [0.5, 0.6) is 0 Å². The van der Waals surface area contributed by atoms with Crippen molar-refractivity contribution in [2.45, 2.75) is 25.9 Å². The molecule has 1 atom stereocenters. The molecule has 1 aromatic carbocycles. The lowest BCUT2D eigenvalue weighted by atomic mass is 10.1. The summed E-state index contributed by atoms with van der Waals surface area (Å²) in [4.78, 5) is 2.30. The van der Waals surface area contributed by atoms with Gasteiger partial charge in [-0.05, 0) is 44.6 Å². The molecule has 3 heteroatoms. The Morgan fingerprint density at radius 1 is 1.33 bits per heavy atom. The van der Waals surface area contributed by atoms with Crippen LogP contribution >= 0.6 is 11.6 Å². The number of nitrogens with zero attached hydrogens (tertiary/aromatic N) is 1. The quantitative estimate of drug-likeness (QED) is 0.836. The molecule has 1 rings (SSSR count). The first-order valence-electron chi connectivity index (χ1n) is 5.28. The van der Waals surface area contributed by atoms with Crippen molar-refractivity contribution in [3.63, 3.8) is 0 Å². The lowest BCUT2D eigenvalue weighted by molar-refractivity contribution is 0.240. The normalized spacial score (nSPS) is 13.1. The first-order chi connectivity index (χ1) is 7.13. The Kier molecular flexibility index (Phi) is 5.09. The van der Waals surface area contributed by atoms with Gasteiger partial charge in [0, 0.05) is 17.6 Å². The Hall–Kier alpha value is -0.570. The van der Waals surface area contributed by atoms with Gasteiger partial charge >= 0.3 is 0 Å². The van der Waals surface area contributed by atoms with Gasteiger partial charge in [0.05, 0.1) is 0 Å². The average Bonchev–Trinajstić information content (AvgIpc) is 2.22. The summed E-state index contributed by atoms with van der Waals surface area (Å²) in [5.41, 5.74) is 6.82. The molecule has 2 N–H and O–H groups in total. The fourth-order valence-electron chi connectivity index (χ4n) is 1.50. The van der Waals surface area contributed by atoms with Crippen molar-refractivity contribution in [1.82, 2.24) is 4.90 Å². The van der Waals surface area contributed by atoms with Crippen LogP contribution in [0.3, 0.4) is 0 Å². The van der Waals surface area contributed by atoms with E-state index in [0.29, 0.717) is 6.04 Å². The molecule has 0 spiro atoms. The van der Waals surface area contributed by atoms with Crippen molar-refractivity contribution in [3.8, 4) is 0 Å². The molecule has 0 aliphatic carbocycles. The summed E-state index contributed by atoms with van der Waals surface area (Å²) in [5, 5.41) is 0.788. The maximum Gasteiger partial charge on any atom is 0.0406 e. The summed E-state index contributed by atoms with van der Waals surface area (Å²) < 4.78 is 0. The van der Waals surface area contributed by atoms with Gasteiger partial charge in [-0.15, -0.1) is 0 Å². The molecule has 0 aliphatic rings. The minimum absolute atomic E-state index is 0.519. The summed E-state index contributed by atoms with van der Waals surface area (Å²) in [6.07, 6.45) is 1.03. The van der Waals surface area contributed by atoms with Gasteiger partial charge in [-0.1, -0.05) is 23.7 Å². The van der Waals surface area contributed by atoms with E-state index in [1.54, 1.807) is 0 Å². The van der Waals surface area contributed by atoms with E-state index < -0.39 is 0 Å². The van der Waals surface area contributed by atoms with E-state index in [4.69, 9.17) is 17.3 Å². The minimum atomic E-state index is 0.519. The average molecular weight is 227 g/mol. The van der Waals surface area contributed by atoms with E-state index in [-0.39, 0.29) is 0 Å². The lowest BCUT2D eigenvalue weighted by Crippen LogP contribution is -2.30. The maximum absolute atomic E-state index is 5.83. The number of rotatable bonds is 5. The second kappa shape index (κ2) is 6.11. The molecule has 0 radical (unpaired) electrons. The third-order valence-electron chi connectivity index (χ3n) is 2.68. The van der Waals surface area contributed by atoms with E-state index in [2.05, 4.69) is 31.0 Å². The Bertz CT molecular complexity index is 284. The molecule has 1 aromatic rings. The number of hydrogen-bond acceptors (Lipinski definition) is 2. The zero-order chi connectivity index (χ0) is 11.3. The summed E-state index contributed by atoms with van der Waals surface area (Å²) in [6.45, 7) is 3.88. The summed E-state index contributed by atoms with van der Waals surface area (Å²) in [5.74, 6) is 0. The van der Waals surface area contributed by atoms with Crippen molar-refractivity contribution in [1.29, 1.82) is 0 Å². The van der Waals surface area contributed by atoms with E-state index in [1.165, 1.54) is 5.56 Å². The third kappa shape index (κ3) is 4.20. The third-order valence-corrected chi connectivity index (χ3v) is 2.93. The highest BCUT2D eigenvalue weighted by Gasteiger charge is 2.08. The van der Waals surface area contributed by atoms with Gasteiger partial charge in [0.2, 0.25) is 0 Å². The highest BCUT2D eigenvalue weighted by atomic mass is 35.5. The number of hydrogen-bond donors (Lipinski definition) is 1. The van der Waals surface area contributed by atoms with Gasteiger partial charge < -0.3 is 5.73 Å². The summed E-state index contributed by atoms with van der Waals surface area (Å²) in [6, 6.07) is 8.50. The molecule has 0 fully saturated rings. The standard InChI is InChI=1S/C12H19ClN2/c1-10(7-8-14)15(2)9-11-3-5-12(13)6-4-11/h3-6,10H,7-9,14H2,1-2H3. The monoisotopic (exact) mass is 226 g/mol. The Labute approximate surface area is 97.0 Å². The van der Waals surface area contributed by atoms with Gasteiger partial charge in [0.25, 0.3) is 0 Å². The highest BCUT2D eigenvalue weighted by molar-refractivity contribution is 6.30. The van der Waals surface area contributed by atoms with Gasteiger partial charge in [-0.2, -0.15) is 0 Å². The first-order valence-corrected chi connectivity index (χ1v) is 5.66. The molecule has 0 heterocycles. The van der Waals surface area contributed by atoms with E-state index in [9.17, 15) is 0 Å². The Morgan fingerprint density at radius 3 is 2.47 bits per heavy atom. The van der Waals surface area contributed by atoms with Gasteiger partial charge in [0.15, 0.2) is 0 Å². The van der Waals surface area contributed by atoms with E-state index in [0.717, 1.165) is 24.5 Å². The predicted octanol–water partition coefficient (Wildman–Crippen LogP) is 2.51. The lowest BCUT2D eigenvalue weighted by Gasteiger charge is -2.24. The Balaban J connectivity index is 2.50. The van der Waals surface area contributed by atoms with Crippen LogP contribution < -0.4 is 5.73 Å². The molecule has 2 nitrogen and oxygen atoms in total. The van der Waals surface area contributed by atoms with Crippen LogP contribution in [0.15, 0.2) is 24.3 Å². The van der Waals surface area contributed by atoms with E-state index >= 15 is 0 Å². The van der Waals surface area contributed by atoms with Gasteiger partial charge in [-0.3, -0.25) is 4.90 Å². The van der Waals surface area contributed by atoms with E-state index in [1.807, 2.05) is 12.1 Å². The summed E-state index contributed by atoms with van der Waals surface area (Å²) in [7, 11) is 2.12. The molecule has 1 unspecified atom stereocenters. The molecule has 0 aliphatic heterocycles. The molecule has 84 valence electrons. The maximum atomic E-state index is 5.83. The van der Waals surface area contributed by atoms with Crippen LogP contribution in [-0.4, -0.2) is 24.5 Å². The largest absolute Gasteiger partial charge is 0.330 e. The zero-order valence-corrected chi connectivity index (χ0v) is 10.2. The molecule has 0 saturated carbocycles. The van der Waals surface area contributed by atoms with Gasteiger partial charge in [-0.25, -0.2) is 0 Å². The molecule has 0 bridgehead atoms. The number of nitrogens with two attached hydrogens (primary N) is 1. The molecule has 0 saturated heterocycles. The zero-order valence-electron chi connectivity index (χ0n) is 9.41. The molecule has 15 heavy (non-hydrogen) atoms. The highest BCUT2D eigenvalue weighted by Crippen LogP contribution is 2.12. The molecule has 0 amide bonds. The SMILES string of the molecule is CC(CCN)N(C)Cc1ccc(Cl)cc1. The number of benzene rings is 1. The predicted molar refractivity (Wildman–Crippen MR) is 66.1 cm³/mol. The van der Waals surface area contributed by atoms with Crippen LogP contribution in [-0.2, 0) is 6.54 Å². The molecular weight excluding hydrogens is 208 g/mol. The van der Waals surface area contributed by atoms with Gasteiger partial charge in [0.1, 0.15) is 0 Å². The topological polar surface area (TPSA) is 29.3 Å². The van der Waals surface area contributed by atoms with Crippen molar-refractivity contribution < 1.29 is 0 Å². The van der Waals surface area contributed by atoms with Crippen molar-refractivity contribution in [3.05, 3.63) is 34.9 Å². The number of halogens is 1. The second-order valence-corrected chi connectivity index (χ2v) is 4.40. The molecular formula is C12H19ClN2. The van der Waals surface area contributed by atoms with Crippen LogP contribution in [0.4, 0.5) is 0 Å². The van der Waals surface area contributed by atoms with Crippen molar-refractivity contribution in [2.75, 3.05) is 13.6 Å². The minimum Gasteiger partial charge on any atom is -0.330 e. The fourth-order valence-corrected chi connectivity index (χ4v) is 1.62. The van der Waals surface area contributed by atoms with Crippen LogP contribution in [0.1, 0.15) is 18.9 Å². The smallest absolute Gasteiger partial charge is 0.0406 e. The van der Waals surface area contributed by atoms with Crippen LogP contribution in [0, 0.1) is 0 Å².